The lowest BCUT2D eigenvalue weighted by Crippen LogP contribution is -2.72. The molecule has 4 aromatic rings. The number of hydrogen-bond donors (Lipinski definition) is 0. The second kappa shape index (κ2) is 11.0. The first-order valence-electron chi connectivity index (χ1n) is 11.5. The Kier molecular flexibility index (Phi) is 8.11. The third kappa shape index (κ3) is 4.63. The molecule has 0 aromatic heterocycles. The third-order valence-corrected chi connectivity index (χ3v) is 6.75. The van der Waals surface area contributed by atoms with Crippen molar-refractivity contribution >= 4 is 28.6 Å². The molecular formula is C27H9BF15-. The number of benzene rings is 4. The number of hydrogen-bond acceptors (Lipinski definition) is 0. The number of halogens is 15. The zero-order valence-electron chi connectivity index (χ0n) is 20.7. The van der Waals surface area contributed by atoms with Gasteiger partial charge in [0.05, 0.1) is 0 Å². The molecular weight excluding hydrogens is 620 g/mol. The van der Waals surface area contributed by atoms with Crippen LogP contribution in [0.1, 0.15) is 11.1 Å². The maximum Gasteiger partial charge on any atom is 0.200 e. The average molecular weight is 629 g/mol. The van der Waals surface area contributed by atoms with Gasteiger partial charge in [-0.1, -0.05) is 35.9 Å². The van der Waals surface area contributed by atoms with E-state index in [1.165, 1.54) is 19.1 Å². The van der Waals surface area contributed by atoms with Crippen LogP contribution in [0.25, 0.3) is 6.08 Å². The summed E-state index contributed by atoms with van der Waals surface area (Å²) < 4.78 is 221. The molecule has 0 atom stereocenters. The van der Waals surface area contributed by atoms with E-state index in [1.807, 2.05) is 0 Å². The molecule has 4 aromatic carbocycles. The van der Waals surface area contributed by atoms with Gasteiger partial charge in [-0.05, 0) is 12.5 Å². The summed E-state index contributed by atoms with van der Waals surface area (Å²) in [6.07, 6.45) is -5.32. The Morgan fingerprint density at radius 3 is 0.860 bits per heavy atom. The van der Waals surface area contributed by atoms with E-state index in [-0.39, 0.29) is 11.5 Å². The molecule has 0 amide bonds. The van der Waals surface area contributed by atoms with Crippen LogP contribution >= 0.6 is 0 Å². The van der Waals surface area contributed by atoms with Crippen molar-refractivity contribution in [1.82, 2.24) is 0 Å². The average Bonchev–Trinajstić information content (AvgIpc) is 2.98. The summed E-state index contributed by atoms with van der Waals surface area (Å²) in [5.41, 5.74) is -7.83. The molecule has 0 nitrogen and oxygen atoms in total. The first kappa shape index (κ1) is 31.6. The van der Waals surface area contributed by atoms with Crippen LogP contribution in [0.5, 0.6) is 0 Å². The summed E-state index contributed by atoms with van der Waals surface area (Å²) >= 11 is 0. The van der Waals surface area contributed by atoms with E-state index in [0.29, 0.717) is 11.6 Å². The second-order valence-corrected chi connectivity index (χ2v) is 9.15. The summed E-state index contributed by atoms with van der Waals surface area (Å²) in [6.45, 7) is 1.51. The Labute approximate surface area is 230 Å². The lowest BCUT2D eigenvalue weighted by molar-refractivity contribution is 0.380. The van der Waals surface area contributed by atoms with Crippen LogP contribution in [0, 0.1) is 94.2 Å². The zero-order chi connectivity index (χ0) is 32.3. The summed E-state index contributed by atoms with van der Waals surface area (Å²) in [6, 6.07) is 4.73. The van der Waals surface area contributed by atoms with Gasteiger partial charge in [0.15, 0.2) is 52.4 Å². The molecule has 0 aliphatic heterocycles. The predicted octanol–water partition coefficient (Wildman–Crippen LogP) is 6.80. The lowest BCUT2D eigenvalue weighted by atomic mass is 9.15. The second-order valence-electron chi connectivity index (χ2n) is 9.15. The predicted molar refractivity (Wildman–Crippen MR) is 124 cm³/mol. The van der Waals surface area contributed by atoms with Gasteiger partial charge >= 0.3 is 0 Å². The van der Waals surface area contributed by atoms with Crippen molar-refractivity contribution in [2.24, 2.45) is 0 Å². The van der Waals surface area contributed by atoms with E-state index in [2.05, 4.69) is 0 Å². The fraction of sp³-hybridized carbons (Fsp3) is 0.0370. The molecule has 0 spiro atoms. The van der Waals surface area contributed by atoms with Crippen molar-refractivity contribution in [1.29, 1.82) is 0 Å². The van der Waals surface area contributed by atoms with E-state index < -0.39 is 110 Å². The van der Waals surface area contributed by atoms with Crippen LogP contribution in [-0.2, 0) is 0 Å². The van der Waals surface area contributed by atoms with Gasteiger partial charge < -0.3 is 0 Å². The SMILES string of the molecule is Cc1ccc(C=C[B-](c2c(F)c(F)c(F)c(F)c2F)(c2c(F)c(F)c(F)c(F)c2F)c2c(F)c(F)c(F)c(F)c2F)cc1. The molecule has 0 radical (unpaired) electrons. The molecule has 0 aliphatic carbocycles. The van der Waals surface area contributed by atoms with E-state index in [9.17, 15) is 39.5 Å². The Bertz CT molecular complexity index is 1580. The zero-order valence-corrected chi connectivity index (χ0v) is 20.7. The largest absolute Gasteiger partial charge is 0.230 e. The maximum atomic E-state index is 15.4. The van der Waals surface area contributed by atoms with Crippen molar-refractivity contribution in [3.8, 4) is 0 Å². The van der Waals surface area contributed by atoms with E-state index in [1.54, 1.807) is 0 Å². The molecule has 0 N–H and O–H groups in total. The molecule has 0 unspecified atom stereocenters. The molecule has 0 aliphatic rings. The molecule has 43 heavy (non-hydrogen) atoms. The van der Waals surface area contributed by atoms with Crippen molar-refractivity contribution < 1.29 is 65.9 Å². The number of aryl methyl sites for hydroxylation is 1. The molecule has 0 saturated carbocycles. The standard InChI is InChI=1S/C27H9BF15/c1-8-2-4-9(5-3-8)6-7-28(10-13(29)19(35)25(41)20(36)14(10)30,11-15(31)21(37)26(42)22(38)16(11)32)12-17(33)23(39)27(43)24(40)18(12)34/h2-7H,1H3/q-1. The van der Waals surface area contributed by atoms with Gasteiger partial charge in [0.2, 0.25) is 0 Å². The van der Waals surface area contributed by atoms with Crippen molar-refractivity contribution in [3.05, 3.63) is 129 Å². The first-order valence-corrected chi connectivity index (χ1v) is 11.5. The van der Waals surface area contributed by atoms with Gasteiger partial charge in [-0.2, -0.15) is 0 Å². The minimum absolute atomic E-state index is 0.167. The van der Waals surface area contributed by atoms with Crippen molar-refractivity contribution in [3.63, 3.8) is 0 Å². The first-order chi connectivity index (χ1) is 20.0. The van der Waals surface area contributed by atoms with Gasteiger partial charge in [-0.15, -0.1) is 16.4 Å². The quantitative estimate of drug-likeness (QED) is 0.0987. The van der Waals surface area contributed by atoms with Gasteiger partial charge in [-0.25, -0.2) is 71.8 Å². The normalized spacial score (nSPS) is 12.1. The molecule has 4 rings (SSSR count). The van der Waals surface area contributed by atoms with Gasteiger partial charge in [0, 0.05) is 0 Å². The van der Waals surface area contributed by atoms with Crippen molar-refractivity contribution in [2.75, 3.05) is 0 Å². The summed E-state index contributed by atoms with van der Waals surface area (Å²) in [5.74, 6) is -45.7. The maximum absolute atomic E-state index is 15.4. The molecule has 16 heteroatoms. The fourth-order valence-electron chi connectivity index (χ4n) is 4.72. The van der Waals surface area contributed by atoms with Crippen LogP contribution in [0.4, 0.5) is 65.9 Å². The van der Waals surface area contributed by atoms with Crippen LogP contribution in [0.3, 0.4) is 0 Å². The Hall–Kier alpha value is -4.37. The van der Waals surface area contributed by atoms with Crippen LogP contribution < -0.4 is 16.4 Å². The highest BCUT2D eigenvalue weighted by Crippen LogP contribution is 2.29. The van der Waals surface area contributed by atoms with E-state index in [4.69, 9.17) is 0 Å². The molecule has 0 saturated heterocycles. The van der Waals surface area contributed by atoms with E-state index in [0.717, 1.165) is 12.1 Å². The molecule has 0 heterocycles. The van der Waals surface area contributed by atoms with Crippen LogP contribution in [0.2, 0.25) is 0 Å². The van der Waals surface area contributed by atoms with E-state index >= 15 is 26.3 Å². The summed E-state index contributed by atoms with van der Waals surface area (Å²) in [4.78, 5) is 0. The minimum atomic E-state index is -5.73. The monoisotopic (exact) mass is 629 g/mol. The lowest BCUT2D eigenvalue weighted by Gasteiger charge is -2.41. The Morgan fingerprint density at radius 1 is 0.372 bits per heavy atom. The van der Waals surface area contributed by atoms with Crippen LogP contribution in [0.15, 0.2) is 30.2 Å². The number of rotatable bonds is 5. The van der Waals surface area contributed by atoms with Gasteiger partial charge in [-0.3, -0.25) is 0 Å². The highest BCUT2D eigenvalue weighted by molar-refractivity contribution is 7.15. The Balaban J connectivity index is 2.46. The molecule has 0 fully saturated rings. The van der Waals surface area contributed by atoms with Gasteiger partial charge in [0.25, 0.3) is 0 Å². The highest BCUT2D eigenvalue weighted by atomic mass is 19.2. The van der Waals surface area contributed by atoms with Crippen LogP contribution in [-0.4, -0.2) is 6.15 Å². The Morgan fingerprint density at radius 2 is 0.605 bits per heavy atom. The summed E-state index contributed by atoms with van der Waals surface area (Å²) in [5, 5.41) is 0. The fourth-order valence-corrected chi connectivity index (χ4v) is 4.72. The third-order valence-electron chi connectivity index (χ3n) is 6.75. The van der Waals surface area contributed by atoms with Gasteiger partial charge in [0.1, 0.15) is 41.0 Å². The smallest absolute Gasteiger partial charge is 0.200 e. The highest BCUT2D eigenvalue weighted by Gasteiger charge is 2.46. The molecule has 226 valence electrons. The topological polar surface area (TPSA) is 0 Å². The molecule has 0 bridgehead atoms. The van der Waals surface area contributed by atoms with Crippen molar-refractivity contribution in [2.45, 2.75) is 6.92 Å². The minimum Gasteiger partial charge on any atom is -0.230 e. The summed E-state index contributed by atoms with van der Waals surface area (Å²) in [7, 11) is 0.